The van der Waals surface area contributed by atoms with Gasteiger partial charge in [0.1, 0.15) is 16.6 Å². The summed E-state index contributed by atoms with van der Waals surface area (Å²) in [4.78, 5) is 12.0. The molecule has 0 saturated carbocycles. The average Bonchev–Trinajstić information content (AvgIpc) is 2.91. The summed E-state index contributed by atoms with van der Waals surface area (Å²) in [6, 6.07) is 6.34. The van der Waals surface area contributed by atoms with E-state index in [0.717, 1.165) is 0 Å². The summed E-state index contributed by atoms with van der Waals surface area (Å²) in [5, 5.41) is 29.7. The number of nitriles is 1. The molecule has 112 valence electrons. The van der Waals surface area contributed by atoms with Gasteiger partial charge in [-0.15, -0.1) is 10.2 Å². The van der Waals surface area contributed by atoms with Crippen LogP contribution in [0.1, 0.15) is 10.6 Å². The largest absolute Gasteiger partial charge is 0.504 e. The number of methoxy groups -OCH3 is 1. The Morgan fingerprint density at radius 3 is 2.86 bits per heavy atom. The second-order valence-electron chi connectivity index (χ2n) is 4.18. The molecule has 2 rings (SSSR count). The van der Waals surface area contributed by atoms with Crippen LogP contribution in [0.5, 0.6) is 11.5 Å². The standard InChI is InChI=1S/C14H12N4O3S/c1-8-17-18-14(22-8)16-13(20)10(7-15)5-9-3-4-11(19)12(6-9)21-2/h3-6,19H,1-2H3,(H,16,18,20)/b10-5+. The first-order valence-corrected chi connectivity index (χ1v) is 6.95. The molecule has 1 aromatic heterocycles. The van der Waals surface area contributed by atoms with E-state index in [4.69, 9.17) is 10.00 Å². The first-order valence-electron chi connectivity index (χ1n) is 6.13. The lowest BCUT2D eigenvalue weighted by molar-refractivity contribution is -0.112. The van der Waals surface area contributed by atoms with E-state index in [1.54, 1.807) is 13.0 Å². The zero-order valence-electron chi connectivity index (χ0n) is 11.8. The number of carbonyl (C=O) groups excluding carboxylic acids is 1. The fraction of sp³-hybridized carbons (Fsp3) is 0.143. The molecule has 1 amide bonds. The zero-order valence-corrected chi connectivity index (χ0v) is 12.6. The number of amides is 1. The van der Waals surface area contributed by atoms with Crippen LogP contribution in [-0.4, -0.2) is 28.3 Å². The molecular weight excluding hydrogens is 304 g/mol. The molecule has 0 aliphatic rings. The van der Waals surface area contributed by atoms with Gasteiger partial charge in [0, 0.05) is 0 Å². The van der Waals surface area contributed by atoms with Gasteiger partial charge in [0.05, 0.1) is 7.11 Å². The lowest BCUT2D eigenvalue weighted by Gasteiger charge is -2.04. The third-order valence-corrected chi connectivity index (χ3v) is 3.38. The molecule has 22 heavy (non-hydrogen) atoms. The molecule has 0 atom stereocenters. The maximum atomic E-state index is 12.0. The van der Waals surface area contributed by atoms with Gasteiger partial charge in [-0.3, -0.25) is 10.1 Å². The molecule has 0 fully saturated rings. The number of phenols is 1. The number of aromatic nitrogens is 2. The molecule has 0 spiro atoms. The molecule has 2 aromatic rings. The van der Waals surface area contributed by atoms with Crippen LogP contribution in [0, 0.1) is 18.3 Å². The second kappa shape index (κ2) is 6.69. The molecule has 2 N–H and O–H groups in total. The molecule has 0 radical (unpaired) electrons. The van der Waals surface area contributed by atoms with Crippen molar-refractivity contribution in [1.82, 2.24) is 10.2 Å². The number of aryl methyl sites for hydroxylation is 1. The number of benzene rings is 1. The molecule has 8 heteroatoms. The van der Waals surface area contributed by atoms with E-state index in [2.05, 4.69) is 15.5 Å². The van der Waals surface area contributed by atoms with Gasteiger partial charge in [-0.1, -0.05) is 17.4 Å². The van der Waals surface area contributed by atoms with E-state index in [1.807, 2.05) is 6.07 Å². The van der Waals surface area contributed by atoms with Crippen LogP contribution in [0.15, 0.2) is 23.8 Å². The predicted molar refractivity (Wildman–Crippen MR) is 81.5 cm³/mol. The lowest BCUT2D eigenvalue weighted by atomic mass is 10.1. The Hall–Kier alpha value is -2.92. The number of hydrogen-bond acceptors (Lipinski definition) is 7. The van der Waals surface area contributed by atoms with Crippen molar-refractivity contribution in [3.05, 3.63) is 34.3 Å². The first-order chi connectivity index (χ1) is 10.5. The predicted octanol–water partition coefficient (Wildman–Crippen LogP) is 2.11. The summed E-state index contributed by atoms with van der Waals surface area (Å²) < 4.78 is 4.98. The number of rotatable bonds is 4. The fourth-order valence-electron chi connectivity index (χ4n) is 1.61. The number of nitrogens with zero attached hydrogens (tertiary/aromatic N) is 3. The molecular formula is C14H12N4O3S. The highest BCUT2D eigenvalue weighted by Gasteiger charge is 2.12. The number of ether oxygens (including phenoxy) is 1. The van der Waals surface area contributed by atoms with E-state index in [0.29, 0.717) is 15.7 Å². The number of phenolic OH excluding ortho intramolecular Hbond substituents is 1. The Morgan fingerprint density at radius 2 is 2.27 bits per heavy atom. The highest BCUT2D eigenvalue weighted by atomic mass is 32.1. The van der Waals surface area contributed by atoms with Gasteiger partial charge in [0.15, 0.2) is 11.5 Å². The minimum Gasteiger partial charge on any atom is -0.504 e. The Kier molecular flexibility index (Phi) is 4.70. The van der Waals surface area contributed by atoms with Crippen molar-refractivity contribution < 1.29 is 14.6 Å². The Balaban J connectivity index is 2.23. The van der Waals surface area contributed by atoms with Crippen molar-refractivity contribution >= 4 is 28.5 Å². The Bertz CT molecular complexity index is 777. The molecule has 1 heterocycles. The highest BCUT2D eigenvalue weighted by molar-refractivity contribution is 7.15. The van der Waals surface area contributed by atoms with Crippen molar-refractivity contribution in [2.24, 2.45) is 0 Å². The quantitative estimate of drug-likeness (QED) is 0.660. The van der Waals surface area contributed by atoms with Crippen LogP contribution < -0.4 is 10.1 Å². The topological polar surface area (TPSA) is 108 Å². The smallest absolute Gasteiger partial charge is 0.268 e. The Morgan fingerprint density at radius 1 is 1.50 bits per heavy atom. The molecule has 0 aliphatic heterocycles. The summed E-state index contributed by atoms with van der Waals surface area (Å²) in [7, 11) is 1.41. The molecule has 0 aliphatic carbocycles. The maximum Gasteiger partial charge on any atom is 0.268 e. The summed E-state index contributed by atoms with van der Waals surface area (Å²) in [5.74, 6) is -0.344. The Labute approximate surface area is 130 Å². The van der Waals surface area contributed by atoms with Crippen molar-refractivity contribution in [2.45, 2.75) is 6.92 Å². The summed E-state index contributed by atoms with van der Waals surface area (Å²) in [5.41, 5.74) is 0.454. The van der Waals surface area contributed by atoms with Gasteiger partial charge in [-0.05, 0) is 30.7 Å². The van der Waals surface area contributed by atoms with Crippen molar-refractivity contribution in [3.63, 3.8) is 0 Å². The minimum absolute atomic E-state index is 0.0213. The van der Waals surface area contributed by atoms with Crippen LogP contribution in [0.3, 0.4) is 0 Å². The SMILES string of the molecule is COc1cc(/C=C(\C#N)C(=O)Nc2nnc(C)s2)ccc1O. The highest BCUT2D eigenvalue weighted by Crippen LogP contribution is 2.27. The van der Waals surface area contributed by atoms with E-state index >= 15 is 0 Å². The molecule has 0 saturated heterocycles. The van der Waals surface area contributed by atoms with Gasteiger partial charge < -0.3 is 9.84 Å². The van der Waals surface area contributed by atoms with Gasteiger partial charge in [0.2, 0.25) is 5.13 Å². The number of nitrogens with one attached hydrogen (secondary N) is 1. The maximum absolute atomic E-state index is 12.0. The summed E-state index contributed by atoms with van der Waals surface area (Å²) >= 11 is 1.21. The van der Waals surface area contributed by atoms with Crippen LogP contribution in [0.2, 0.25) is 0 Å². The second-order valence-corrected chi connectivity index (χ2v) is 5.36. The normalized spacial score (nSPS) is 10.9. The first kappa shape index (κ1) is 15.5. The molecule has 0 unspecified atom stereocenters. The number of aromatic hydroxyl groups is 1. The number of hydrogen-bond donors (Lipinski definition) is 2. The van der Waals surface area contributed by atoms with Crippen molar-refractivity contribution in [1.29, 1.82) is 5.26 Å². The van der Waals surface area contributed by atoms with Gasteiger partial charge >= 0.3 is 0 Å². The van der Waals surface area contributed by atoms with Gasteiger partial charge in [-0.2, -0.15) is 5.26 Å². The van der Waals surface area contributed by atoms with E-state index in [-0.39, 0.29) is 17.1 Å². The zero-order chi connectivity index (χ0) is 16.1. The van der Waals surface area contributed by atoms with E-state index in [9.17, 15) is 9.90 Å². The van der Waals surface area contributed by atoms with Crippen LogP contribution >= 0.6 is 11.3 Å². The van der Waals surface area contributed by atoms with Crippen molar-refractivity contribution in [3.8, 4) is 17.6 Å². The minimum atomic E-state index is -0.578. The van der Waals surface area contributed by atoms with Crippen LogP contribution in [0.4, 0.5) is 5.13 Å². The van der Waals surface area contributed by atoms with Crippen LogP contribution in [-0.2, 0) is 4.79 Å². The summed E-state index contributed by atoms with van der Waals surface area (Å²) in [6.07, 6.45) is 1.39. The van der Waals surface area contributed by atoms with Crippen LogP contribution in [0.25, 0.3) is 6.08 Å². The molecule has 7 nitrogen and oxygen atoms in total. The molecule has 0 bridgehead atoms. The van der Waals surface area contributed by atoms with E-state index in [1.165, 1.54) is 36.7 Å². The van der Waals surface area contributed by atoms with Crippen molar-refractivity contribution in [2.75, 3.05) is 12.4 Å². The molecule has 1 aromatic carbocycles. The number of anilines is 1. The van der Waals surface area contributed by atoms with Gasteiger partial charge in [0.25, 0.3) is 5.91 Å². The third kappa shape index (κ3) is 3.59. The lowest BCUT2D eigenvalue weighted by Crippen LogP contribution is -2.13. The fourth-order valence-corrected chi connectivity index (χ4v) is 2.20. The average molecular weight is 316 g/mol. The third-order valence-electron chi connectivity index (χ3n) is 2.63. The van der Waals surface area contributed by atoms with E-state index < -0.39 is 5.91 Å². The van der Waals surface area contributed by atoms with Gasteiger partial charge in [-0.25, -0.2) is 0 Å². The monoisotopic (exact) mass is 316 g/mol. The number of carbonyl (C=O) groups is 1. The summed E-state index contributed by atoms with van der Waals surface area (Å²) in [6.45, 7) is 1.76.